The Kier molecular flexibility index (Phi) is 3.33. The second-order valence-electron chi connectivity index (χ2n) is 3.18. The van der Waals surface area contributed by atoms with Crippen molar-refractivity contribution < 1.29 is 8.81 Å². The average molecular weight is 305 g/mol. The molecule has 2 rings (SSSR count). The molecule has 0 saturated carbocycles. The number of furan rings is 1. The fourth-order valence-corrected chi connectivity index (χ4v) is 1.94. The van der Waals surface area contributed by atoms with E-state index in [1.807, 2.05) is 0 Å². The molecule has 1 aromatic heterocycles. The van der Waals surface area contributed by atoms with E-state index >= 15 is 0 Å². The van der Waals surface area contributed by atoms with Gasteiger partial charge in [-0.25, -0.2) is 4.39 Å². The van der Waals surface area contributed by atoms with Crippen LogP contribution < -0.4 is 5.73 Å². The lowest BCUT2D eigenvalue weighted by Crippen LogP contribution is -1.97. The molecule has 0 amide bonds. The van der Waals surface area contributed by atoms with E-state index in [-0.39, 0.29) is 11.6 Å². The first-order chi connectivity index (χ1) is 7.65. The molecule has 16 heavy (non-hydrogen) atoms. The molecular weight excluding hydrogens is 296 g/mol. The maximum atomic E-state index is 13.9. The van der Waals surface area contributed by atoms with E-state index in [1.165, 1.54) is 6.26 Å². The van der Waals surface area contributed by atoms with E-state index in [4.69, 9.17) is 21.8 Å². The summed E-state index contributed by atoms with van der Waals surface area (Å²) in [5, 5.41) is 0.0571. The molecule has 0 atom stereocenters. The van der Waals surface area contributed by atoms with Crippen molar-refractivity contribution in [1.29, 1.82) is 0 Å². The van der Waals surface area contributed by atoms with E-state index in [2.05, 4.69) is 15.9 Å². The maximum absolute atomic E-state index is 13.9. The van der Waals surface area contributed by atoms with Gasteiger partial charge in [0.1, 0.15) is 5.76 Å². The first-order valence-corrected chi connectivity index (χ1v) is 5.72. The van der Waals surface area contributed by atoms with Gasteiger partial charge >= 0.3 is 0 Å². The Morgan fingerprint density at radius 3 is 2.75 bits per heavy atom. The second kappa shape index (κ2) is 4.57. The van der Waals surface area contributed by atoms with Crippen molar-refractivity contribution in [3.8, 4) is 11.1 Å². The monoisotopic (exact) mass is 303 g/mol. The summed E-state index contributed by atoms with van der Waals surface area (Å²) in [6.07, 6.45) is 1.48. The number of nitrogens with two attached hydrogens (primary N) is 1. The van der Waals surface area contributed by atoms with Crippen LogP contribution in [0.25, 0.3) is 11.1 Å². The molecule has 0 aliphatic carbocycles. The zero-order valence-electron chi connectivity index (χ0n) is 8.14. The summed E-state index contributed by atoms with van der Waals surface area (Å²) in [4.78, 5) is 0. The maximum Gasteiger partial charge on any atom is 0.150 e. The Morgan fingerprint density at radius 2 is 2.06 bits per heavy atom. The summed E-state index contributed by atoms with van der Waals surface area (Å²) in [7, 11) is 0. The SMILES string of the molecule is NCc1occc1-c1ccc(Br)c(Cl)c1F. The fraction of sp³-hybridized carbons (Fsp3) is 0.0909. The van der Waals surface area contributed by atoms with Gasteiger partial charge in [-0.1, -0.05) is 17.7 Å². The molecule has 2 nitrogen and oxygen atoms in total. The van der Waals surface area contributed by atoms with Crippen molar-refractivity contribution in [3.63, 3.8) is 0 Å². The highest BCUT2D eigenvalue weighted by Gasteiger charge is 2.15. The van der Waals surface area contributed by atoms with Gasteiger partial charge in [0.15, 0.2) is 5.82 Å². The average Bonchev–Trinajstić information content (AvgIpc) is 2.74. The van der Waals surface area contributed by atoms with Crippen LogP contribution in [0.15, 0.2) is 33.4 Å². The van der Waals surface area contributed by atoms with Gasteiger partial charge in [0.2, 0.25) is 0 Å². The summed E-state index contributed by atoms with van der Waals surface area (Å²) in [6.45, 7) is 0.218. The first-order valence-electron chi connectivity index (χ1n) is 4.55. The van der Waals surface area contributed by atoms with E-state index in [0.29, 0.717) is 21.4 Å². The molecule has 0 aliphatic rings. The van der Waals surface area contributed by atoms with Crippen LogP contribution in [0.3, 0.4) is 0 Å². The second-order valence-corrected chi connectivity index (χ2v) is 4.42. The van der Waals surface area contributed by atoms with Crippen molar-refractivity contribution in [1.82, 2.24) is 0 Å². The Balaban J connectivity index is 2.61. The minimum atomic E-state index is -0.479. The summed E-state index contributed by atoms with van der Waals surface area (Å²) >= 11 is 8.97. The van der Waals surface area contributed by atoms with E-state index < -0.39 is 5.82 Å². The molecule has 1 heterocycles. The molecule has 0 radical (unpaired) electrons. The summed E-state index contributed by atoms with van der Waals surface area (Å²) in [5.41, 5.74) is 6.52. The van der Waals surface area contributed by atoms with Crippen LogP contribution in [0.5, 0.6) is 0 Å². The third-order valence-electron chi connectivity index (χ3n) is 2.26. The van der Waals surface area contributed by atoms with Gasteiger partial charge in [0.05, 0.1) is 17.8 Å². The van der Waals surface area contributed by atoms with Gasteiger partial charge in [-0.05, 0) is 28.1 Å². The highest BCUT2D eigenvalue weighted by Crippen LogP contribution is 2.34. The molecule has 0 spiro atoms. The van der Waals surface area contributed by atoms with Crippen LogP contribution in [0.1, 0.15) is 5.76 Å². The summed E-state index contributed by atoms with van der Waals surface area (Å²) < 4.78 is 19.6. The minimum absolute atomic E-state index is 0.0571. The van der Waals surface area contributed by atoms with E-state index in [0.717, 1.165) is 0 Å². The zero-order chi connectivity index (χ0) is 11.7. The number of rotatable bonds is 2. The Labute approximate surface area is 105 Å². The highest BCUT2D eigenvalue weighted by molar-refractivity contribution is 9.10. The first kappa shape index (κ1) is 11.6. The number of benzene rings is 1. The molecule has 0 unspecified atom stereocenters. The van der Waals surface area contributed by atoms with Crippen LogP contribution in [0.2, 0.25) is 5.02 Å². The molecule has 5 heteroatoms. The molecule has 84 valence electrons. The number of halogens is 3. The molecule has 0 aliphatic heterocycles. The number of hydrogen-bond acceptors (Lipinski definition) is 2. The van der Waals surface area contributed by atoms with Gasteiger partial charge in [-0.3, -0.25) is 0 Å². The Morgan fingerprint density at radius 1 is 1.31 bits per heavy atom. The Hall–Kier alpha value is -0.840. The van der Waals surface area contributed by atoms with Crippen molar-refractivity contribution in [2.24, 2.45) is 5.73 Å². The van der Waals surface area contributed by atoms with Crippen LogP contribution in [0.4, 0.5) is 4.39 Å². The molecule has 0 saturated heterocycles. The summed E-state index contributed by atoms with van der Waals surface area (Å²) in [6, 6.07) is 4.99. The van der Waals surface area contributed by atoms with Gasteiger partial charge in [-0.2, -0.15) is 0 Å². The lowest BCUT2D eigenvalue weighted by atomic mass is 10.1. The van der Waals surface area contributed by atoms with Crippen LogP contribution in [0, 0.1) is 5.82 Å². The zero-order valence-corrected chi connectivity index (χ0v) is 10.5. The van der Waals surface area contributed by atoms with Gasteiger partial charge in [0, 0.05) is 15.6 Å². The third kappa shape index (κ3) is 1.88. The predicted octanol–water partition coefficient (Wildman–Crippen LogP) is 3.96. The molecule has 1 aromatic carbocycles. The largest absolute Gasteiger partial charge is 0.467 e. The normalized spacial score (nSPS) is 10.8. The lowest BCUT2D eigenvalue weighted by molar-refractivity contribution is 0.513. The van der Waals surface area contributed by atoms with Crippen molar-refractivity contribution >= 4 is 27.5 Å². The quantitative estimate of drug-likeness (QED) is 0.853. The smallest absolute Gasteiger partial charge is 0.150 e. The molecule has 0 fully saturated rings. The van der Waals surface area contributed by atoms with Crippen LogP contribution >= 0.6 is 27.5 Å². The molecule has 2 N–H and O–H groups in total. The predicted molar refractivity (Wildman–Crippen MR) is 64.7 cm³/mol. The van der Waals surface area contributed by atoms with E-state index in [9.17, 15) is 4.39 Å². The van der Waals surface area contributed by atoms with Gasteiger partial charge in [-0.15, -0.1) is 0 Å². The molecule has 2 aromatic rings. The molecule has 0 bridgehead atoms. The Bertz CT molecular complexity index is 527. The molecular formula is C11H8BrClFNO. The number of hydrogen-bond donors (Lipinski definition) is 1. The van der Waals surface area contributed by atoms with Crippen LogP contribution in [-0.4, -0.2) is 0 Å². The van der Waals surface area contributed by atoms with E-state index in [1.54, 1.807) is 18.2 Å². The summed E-state index contributed by atoms with van der Waals surface area (Å²) in [5.74, 6) is 0.0597. The fourth-order valence-electron chi connectivity index (χ4n) is 1.47. The van der Waals surface area contributed by atoms with Gasteiger partial charge < -0.3 is 10.2 Å². The third-order valence-corrected chi connectivity index (χ3v) is 3.51. The standard InChI is InChI=1S/C11H8BrClFNO/c12-8-2-1-7(11(14)10(8)13)6-3-4-16-9(6)5-15/h1-4H,5,15H2. The van der Waals surface area contributed by atoms with Gasteiger partial charge in [0.25, 0.3) is 0 Å². The van der Waals surface area contributed by atoms with Crippen molar-refractivity contribution in [3.05, 3.63) is 45.5 Å². The van der Waals surface area contributed by atoms with Crippen LogP contribution in [-0.2, 0) is 6.54 Å². The van der Waals surface area contributed by atoms with Crippen molar-refractivity contribution in [2.75, 3.05) is 0 Å². The van der Waals surface area contributed by atoms with Crippen molar-refractivity contribution in [2.45, 2.75) is 6.54 Å². The topological polar surface area (TPSA) is 39.2 Å². The minimum Gasteiger partial charge on any atom is -0.467 e. The lowest BCUT2D eigenvalue weighted by Gasteiger charge is -2.05. The highest BCUT2D eigenvalue weighted by atomic mass is 79.9.